The smallest absolute Gasteiger partial charge is 0.202 e. The number of phenolic OH excluding ortho intramolecular Hbond substituents is 1. The highest BCUT2D eigenvalue weighted by molar-refractivity contribution is 8.13. The molecule has 3 nitrogen and oxygen atoms in total. The second-order valence-corrected chi connectivity index (χ2v) is 6.48. The second kappa shape index (κ2) is 7.14. The number of thioether (sulfide) groups is 1. The summed E-state index contributed by atoms with van der Waals surface area (Å²) in [5.74, 6) is 0.303. The maximum absolute atomic E-state index is 11.6. The molecule has 1 saturated carbocycles. The minimum Gasteiger partial charge on any atom is -0.508 e. The van der Waals surface area contributed by atoms with Crippen LogP contribution in [-0.4, -0.2) is 28.6 Å². The fraction of sp³-hybridized carbons (Fsp3) is 0.562. The second-order valence-electron chi connectivity index (χ2n) is 5.61. The first-order valence-electron chi connectivity index (χ1n) is 7.23. The zero-order chi connectivity index (χ0) is 14.4. The van der Waals surface area contributed by atoms with Crippen molar-refractivity contribution in [1.29, 1.82) is 0 Å². The first-order valence-corrected chi connectivity index (χ1v) is 8.46. The van der Waals surface area contributed by atoms with Crippen LogP contribution in [0.15, 0.2) is 24.3 Å². The molecule has 1 aromatic carbocycles. The number of carbonyl (C=O) groups excluding carboxylic acids is 1. The number of benzene rings is 1. The molecule has 1 fully saturated rings. The molecule has 1 aliphatic carbocycles. The number of nitrogens with one attached hydrogen (secondary N) is 1. The molecule has 2 N–H and O–H groups in total. The van der Waals surface area contributed by atoms with Gasteiger partial charge in [-0.25, -0.2) is 0 Å². The number of hydrogen-bond donors (Lipinski definition) is 2. The molecule has 0 spiro atoms. The Balaban J connectivity index is 2.05. The van der Waals surface area contributed by atoms with Crippen LogP contribution in [0.25, 0.3) is 0 Å². The molecular weight excluding hydrogens is 270 g/mol. The monoisotopic (exact) mass is 293 g/mol. The van der Waals surface area contributed by atoms with Crippen molar-refractivity contribution in [3.63, 3.8) is 0 Å². The number of carbonyl (C=O) groups is 1. The molecule has 0 bridgehead atoms. The Kier molecular flexibility index (Phi) is 5.49. The lowest BCUT2D eigenvalue weighted by molar-refractivity contribution is -0.110. The molecule has 0 atom stereocenters. The van der Waals surface area contributed by atoms with Crippen molar-refractivity contribution in [3.8, 4) is 5.75 Å². The fourth-order valence-electron chi connectivity index (χ4n) is 2.98. The molecule has 1 aromatic rings. The van der Waals surface area contributed by atoms with Gasteiger partial charge >= 0.3 is 0 Å². The molecular formula is C16H23NO2S. The molecule has 0 radical (unpaired) electrons. The summed E-state index contributed by atoms with van der Waals surface area (Å²) in [5.41, 5.74) is 1.26. The topological polar surface area (TPSA) is 49.3 Å². The Bertz CT molecular complexity index is 438. The Morgan fingerprint density at radius 1 is 1.25 bits per heavy atom. The van der Waals surface area contributed by atoms with Crippen molar-refractivity contribution >= 4 is 16.9 Å². The maximum Gasteiger partial charge on any atom is 0.202 e. The van der Waals surface area contributed by atoms with Crippen molar-refractivity contribution < 1.29 is 9.90 Å². The van der Waals surface area contributed by atoms with Crippen molar-refractivity contribution in [3.05, 3.63) is 29.8 Å². The van der Waals surface area contributed by atoms with Gasteiger partial charge in [-0.1, -0.05) is 43.2 Å². The van der Waals surface area contributed by atoms with Gasteiger partial charge in [0.25, 0.3) is 0 Å². The quantitative estimate of drug-likeness (QED) is 0.876. The van der Waals surface area contributed by atoms with E-state index in [1.807, 2.05) is 18.4 Å². The van der Waals surface area contributed by atoms with Crippen LogP contribution in [-0.2, 0) is 11.2 Å². The molecule has 0 heterocycles. The van der Waals surface area contributed by atoms with Gasteiger partial charge < -0.3 is 10.4 Å². The van der Waals surface area contributed by atoms with E-state index in [0.717, 1.165) is 19.3 Å². The average molecular weight is 293 g/mol. The van der Waals surface area contributed by atoms with Crippen molar-refractivity contribution in [2.45, 2.75) is 44.1 Å². The third kappa shape index (κ3) is 4.25. The molecule has 110 valence electrons. The maximum atomic E-state index is 11.6. The van der Waals surface area contributed by atoms with E-state index in [1.54, 1.807) is 12.1 Å². The van der Waals surface area contributed by atoms with Crippen molar-refractivity contribution in [1.82, 2.24) is 5.32 Å². The molecule has 20 heavy (non-hydrogen) atoms. The predicted octanol–water partition coefficient (Wildman–Crippen LogP) is 3.12. The summed E-state index contributed by atoms with van der Waals surface area (Å²) in [6.45, 7) is 0.444. The summed E-state index contributed by atoms with van der Waals surface area (Å²) >= 11 is 1.29. The largest absolute Gasteiger partial charge is 0.508 e. The normalized spacial score (nSPS) is 17.9. The van der Waals surface area contributed by atoms with Gasteiger partial charge in [0.1, 0.15) is 5.75 Å². The van der Waals surface area contributed by atoms with E-state index >= 15 is 0 Å². The molecule has 0 aliphatic heterocycles. The predicted molar refractivity (Wildman–Crippen MR) is 84.2 cm³/mol. The lowest BCUT2D eigenvalue weighted by Crippen LogP contribution is -2.50. The first kappa shape index (κ1) is 15.4. The van der Waals surface area contributed by atoms with E-state index in [2.05, 4.69) is 5.32 Å². The summed E-state index contributed by atoms with van der Waals surface area (Å²) in [6, 6.07) is 7.42. The zero-order valence-electron chi connectivity index (χ0n) is 12.0. The van der Waals surface area contributed by atoms with Gasteiger partial charge in [-0.15, -0.1) is 0 Å². The standard InChI is InChI=1S/C16H23NO2S/c1-20-15(19)12-17-16(9-3-2-4-10-16)11-13-5-7-14(18)8-6-13/h5-8,17-18H,2-4,9-12H2,1H3. The Morgan fingerprint density at radius 2 is 1.90 bits per heavy atom. The van der Waals surface area contributed by atoms with Crippen LogP contribution in [0.2, 0.25) is 0 Å². The lowest BCUT2D eigenvalue weighted by Gasteiger charge is -2.38. The lowest BCUT2D eigenvalue weighted by atomic mass is 9.77. The van der Waals surface area contributed by atoms with Crippen LogP contribution in [0.5, 0.6) is 5.75 Å². The molecule has 0 unspecified atom stereocenters. The van der Waals surface area contributed by atoms with Gasteiger partial charge in [-0.05, 0) is 43.2 Å². The van der Waals surface area contributed by atoms with Crippen molar-refractivity contribution in [2.75, 3.05) is 12.8 Å². The summed E-state index contributed by atoms with van der Waals surface area (Å²) < 4.78 is 0. The highest BCUT2D eigenvalue weighted by Gasteiger charge is 2.32. The van der Waals surface area contributed by atoms with Crippen LogP contribution < -0.4 is 5.32 Å². The van der Waals surface area contributed by atoms with Gasteiger partial charge in [0, 0.05) is 5.54 Å². The van der Waals surface area contributed by atoms with Crippen LogP contribution in [0.1, 0.15) is 37.7 Å². The SMILES string of the molecule is CSC(=O)CNC1(Cc2ccc(O)cc2)CCCCC1. The highest BCUT2D eigenvalue weighted by atomic mass is 32.2. The van der Waals surface area contributed by atoms with E-state index < -0.39 is 0 Å². The molecule has 0 amide bonds. The average Bonchev–Trinajstić information content (AvgIpc) is 2.48. The number of phenols is 1. The van der Waals surface area contributed by atoms with E-state index in [-0.39, 0.29) is 10.7 Å². The summed E-state index contributed by atoms with van der Waals surface area (Å²) in [7, 11) is 0. The van der Waals surface area contributed by atoms with Crippen LogP contribution in [0.3, 0.4) is 0 Å². The van der Waals surface area contributed by atoms with E-state index in [9.17, 15) is 9.90 Å². The van der Waals surface area contributed by atoms with Gasteiger partial charge in [0.05, 0.1) is 6.54 Å². The molecule has 0 aromatic heterocycles. The van der Waals surface area contributed by atoms with Gasteiger partial charge in [0.15, 0.2) is 0 Å². The van der Waals surface area contributed by atoms with Crippen LogP contribution in [0.4, 0.5) is 0 Å². The third-order valence-corrected chi connectivity index (χ3v) is 4.72. The van der Waals surface area contributed by atoms with Crippen LogP contribution in [0, 0.1) is 0 Å². The van der Waals surface area contributed by atoms with E-state index in [1.165, 1.54) is 36.6 Å². The number of rotatable bonds is 5. The molecule has 0 saturated heterocycles. The Hall–Kier alpha value is -1.00. The summed E-state index contributed by atoms with van der Waals surface area (Å²) in [4.78, 5) is 11.6. The first-order chi connectivity index (χ1) is 9.63. The minimum atomic E-state index is 0.0423. The van der Waals surface area contributed by atoms with Gasteiger partial charge in [0.2, 0.25) is 5.12 Å². The minimum absolute atomic E-state index is 0.0423. The van der Waals surface area contributed by atoms with Gasteiger partial charge in [-0.2, -0.15) is 0 Å². The molecule has 4 heteroatoms. The Morgan fingerprint density at radius 3 is 2.50 bits per heavy atom. The zero-order valence-corrected chi connectivity index (χ0v) is 12.8. The molecule has 1 aliphatic rings. The van der Waals surface area contributed by atoms with Crippen LogP contribution >= 0.6 is 11.8 Å². The number of aromatic hydroxyl groups is 1. The summed E-state index contributed by atoms with van der Waals surface area (Å²) in [5, 5.41) is 13.1. The number of hydrogen-bond acceptors (Lipinski definition) is 4. The van der Waals surface area contributed by atoms with Crippen molar-refractivity contribution in [2.24, 2.45) is 0 Å². The highest BCUT2D eigenvalue weighted by Crippen LogP contribution is 2.31. The fourth-order valence-corrected chi connectivity index (χ4v) is 3.20. The molecule has 2 rings (SSSR count). The Labute approximate surface area is 125 Å². The van der Waals surface area contributed by atoms with Gasteiger partial charge in [-0.3, -0.25) is 4.79 Å². The third-order valence-electron chi connectivity index (χ3n) is 4.12. The summed E-state index contributed by atoms with van der Waals surface area (Å²) in [6.07, 6.45) is 8.73. The van der Waals surface area contributed by atoms with E-state index in [0.29, 0.717) is 12.3 Å². The van der Waals surface area contributed by atoms with E-state index in [4.69, 9.17) is 0 Å².